The topological polar surface area (TPSA) is 78.4 Å². The fourth-order valence-electron chi connectivity index (χ4n) is 2.32. The molecule has 1 aromatic carbocycles. The largest absolute Gasteiger partial charge is 0.454 e. The molecule has 7 nitrogen and oxygen atoms in total. The molecule has 0 aliphatic carbocycles. The molecule has 3 rings (SSSR count). The van der Waals surface area contributed by atoms with Gasteiger partial charge in [0.25, 0.3) is 0 Å². The summed E-state index contributed by atoms with van der Waals surface area (Å²) in [5.41, 5.74) is 0.343. The number of benzene rings is 1. The van der Waals surface area contributed by atoms with Crippen LogP contribution in [-0.2, 0) is 4.74 Å². The quantitative estimate of drug-likeness (QED) is 0.929. The van der Waals surface area contributed by atoms with Gasteiger partial charge < -0.3 is 14.2 Å². The fourth-order valence-corrected chi connectivity index (χ4v) is 2.32. The lowest BCUT2D eigenvalue weighted by molar-refractivity contribution is 0.0118. The fraction of sp³-hybridized carbons (Fsp3) is 0.429. The number of aromatic amines is 1. The molecule has 1 atom stereocenters. The number of nitrogens with one attached hydrogen (secondary N) is 1. The second-order valence-corrected chi connectivity index (χ2v) is 5.09. The highest BCUT2D eigenvalue weighted by Gasteiger charge is 2.21. The van der Waals surface area contributed by atoms with Crippen LogP contribution in [0, 0.1) is 0 Å². The van der Waals surface area contributed by atoms with Crippen molar-refractivity contribution >= 4 is 0 Å². The normalized spacial score (nSPS) is 14.7. The molecule has 1 N–H and O–H groups in total. The van der Waals surface area contributed by atoms with Gasteiger partial charge >= 0.3 is 5.69 Å². The molecule has 1 aliphatic rings. The van der Waals surface area contributed by atoms with Crippen molar-refractivity contribution in [2.24, 2.45) is 0 Å². The van der Waals surface area contributed by atoms with E-state index < -0.39 is 0 Å². The maximum atomic E-state index is 12.0. The summed E-state index contributed by atoms with van der Waals surface area (Å²) in [6.07, 6.45) is -0.272. The summed E-state index contributed by atoms with van der Waals surface area (Å²) >= 11 is 0. The summed E-state index contributed by atoms with van der Waals surface area (Å²) < 4.78 is 17.8. The second kappa shape index (κ2) is 5.25. The van der Waals surface area contributed by atoms with Crippen molar-refractivity contribution in [2.75, 3.05) is 6.79 Å². The van der Waals surface area contributed by atoms with E-state index in [1.807, 2.05) is 20.8 Å². The first-order valence-corrected chi connectivity index (χ1v) is 6.79. The van der Waals surface area contributed by atoms with E-state index in [0.29, 0.717) is 23.0 Å². The van der Waals surface area contributed by atoms with Gasteiger partial charge in [-0.2, -0.15) is 5.10 Å². The van der Waals surface area contributed by atoms with Crippen LogP contribution in [0.2, 0.25) is 0 Å². The van der Waals surface area contributed by atoms with Crippen molar-refractivity contribution in [2.45, 2.75) is 33.0 Å². The van der Waals surface area contributed by atoms with Gasteiger partial charge in [0.2, 0.25) is 6.79 Å². The van der Waals surface area contributed by atoms with Crippen molar-refractivity contribution in [1.82, 2.24) is 14.8 Å². The highest BCUT2D eigenvalue weighted by atomic mass is 16.7. The van der Waals surface area contributed by atoms with Gasteiger partial charge in [-0.05, 0) is 32.9 Å². The number of aromatic nitrogens is 3. The molecule has 0 saturated heterocycles. The Bertz CT molecular complexity index is 704. The summed E-state index contributed by atoms with van der Waals surface area (Å²) in [4.78, 5) is 12.0. The van der Waals surface area contributed by atoms with Gasteiger partial charge in [-0.3, -0.25) is 0 Å². The van der Waals surface area contributed by atoms with Gasteiger partial charge in [-0.1, -0.05) is 0 Å². The Morgan fingerprint density at radius 1 is 1.29 bits per heavy atom. The van der Waals surface area contributed by atoms with E-state index in [-0.39, 0.29) is 24.7 Å². The highest BCUT2D eigenvalue weighted by molar-refractivity contribution is 5.50. The Morgan fingerprint density at radius 2 is 2.05 bits per heavy atom. The molecule has 0 saturated carbocycles. The van der Waals surface area contributed by atoms with E-state index in [9.17, 15) is 4.79 Å². The maximum absolute atomic E-state index is 12.0. The molecular formula is C14H17N3O4. The monoisotopic (exact) mass is 291 g/mol. The molecule has 0 spiro atoms. The minimum atomic E-state index is -0.317. The third kappa shape index (κ3) is 2.52. The molecule has 1 aromatic heterocycles. The van der Waals surface area contributed by atoms with Crippen molar-refractivity contribution in [1.29, 1.82) is 0 Å². The Morgan fingerprint density at radius 3 is 2.81 bits per heavy atom. The summed E-state index contributed by atoms with van der Waals surface area (Å²) in [7, 11) is 0. The molecule has 2 heterocycles. The number of rotatable bonds is 4. The zero-order chi connectivity index (χ0) is 15.0. The van der Waals surface area contributed by atoms with Crippen molar-refractivity contribution in [3.05, 3.63) is 34.5 Å². The first-order chi connectivity index (χ1) is 10.1. The lowest BCUT2D eigenvalue weighted by atomic mass is 10.2. The van der Waals surface area contributed by atoms with Crippen LogP contribution in [0.25, 0.3) is 5.69 Å². The molecular weight excluding hydrogens is 274 g/mol. The van der Waals surface area contributed by atoms with Crippen LogP contribution in [0.5, 0.6) is 11.5 Å². The van der Waals surface area contributed by atoms with Crippen LogP contribution in [0.15, 0.2) is 23.0 Å². The standard InChI is InChI=1S/C14H17N3O4/c1-8(2)21-9(3)13-15-16-14(18)17(13)10-4-5-11-12(6-10)20-7-19-11/h4-6,8-9H,7H2,1-3H3,(H,16,18). The number of ether oxygens (including phenoxy) is 3. The molecule has 1 unspecified atom stereocenters. The average molecular weight is 291 g/mol. The Hall–Kier alpha value is -2.28. The van der Waals surface area contributed by atoms with E-state index in [1.54, 1.807) is 18.2 Å². The maximum Gasteiger partial charge on any atom is 0.348 e. The van der Waals surface area contributed by atoms with Crippen LogP contribution in [0.1, 0.15) is 32.7 Å². The van der Waals surface area contributed by atoms with E-state index >= 15 is 0 Å². The number of hydrogen-bond donors (Lipinski definition) is 1. The number of fused-ring (bicyclic) bond motifs is 1. The van der Waals surface area contributed by atoms with Crippen molar-refractivity contribution in [3.63, 3.8) is 0 Å². The van der Waals surface area contributed by atoms with Crippen molar-refractivity contribution in [3.8, 4) is 17.2 Å². The highest BCUT2D eigenvalue weighted by Crippen LogP contribution is 2.33. The van der Waals surface area contributed by atoms with Gasteiger partial charge in [-0.25, -0.2) is 14.5 Å². The molecule has 112 valence electrons. The molecule has 7 heteroatoms. The summed E-state index contributed by atoms with van der Waals surface area (Å²) in [5.74, 6) is 1.81. The molecule has 21 heavy (non-hydrogen) atoms. The van der Waals surface area contributed by atoms with Gasteiger partial charge in [0.1, 0.15) is 6.10 Å². The van der Waals surface area contributed by atoms with Gasteiger partial charge in [-0.15, -0.1) is 0 Å². The number of H-pyrrole nitrogens is 1. The molecule has 0 radical (unpaired) electrons. The number of nitrogens with zero attached hydrogens (tertiary/aromatic N) is 2. The van der Waals surface area contributed by atoms with E-state index in [1.165, 1.54) is 4.57 Å². The Balaban J connectivity index is 2.02. The van der Waals surface area contributed by atoms with E-state index in [0.717, 1.165) is 0 Å². The minimum Gasteiger partial charge on any atom is -0.454 e. The van der Waals surface area contributed by atoms with Gasteiger partial charge in [0, 0.05) is 6.07 Å². The van der Waals surface area contributed by atoms with E-state index in [4.69, 9.17) is 14.2 Å². The summed E-state index contributed by atoms with van der Waals surface area (Å²) in [6.45, 7) is 5.93. The second-order valence-electron chi connectivity index (χ2n) is 5.09. The molecule has 0 bridgehead atoms. The van der Waals surface area contributed by atoms with Crippen LogP contribution in [0.3, 0.4) is 0 Å². The smallest absolute Gasteiger partial charge is 0.348 e. The minimum absolute atomic E-state index is 0.0389. The van der Waals surface area contributed by atoms with Gasteiger partial charge in [0.05, 0.1) is 11.8 Å². The van der Waals surface area contributed by atoms with Crippen molar-refractivity contribution < 1.29 is 14.2 Å². The Kier molecular flexibility index (Phi) is 3.42. The molecule has 2 aromatic rings. The molecule has 0 fully saturated rings. The molecule has 0 amide bonds. The third-order valence-electron chi connectivity index (χ3n) is 3.15. The van der Waals surface area contributed by atoms with Gasteiger partial charge in [0.15, 0.2) is 17.3 Å². The predicted octanol–water partition coefficient (Wildman–Crippen LogP) is 1.78. The lowest BCUT2D eigenvalue weighted by Gasteiger charge is -2.16. The van der Waals surface area contributed by atoms with Crippen LogP contribution in [-0.4, -0.2) is 27.7 Å². The SMILES string of the molecule is CC(C)OC(C)c1n[nH]c(=O)n1-c1ccc2c(c1)OCO2. The predicted molar refractivity (Wildman–Crippen MR) is 74.9 cm³/mol. The average Bonchev–Trinajstić information content (AvgIpc) is 3.02. The van der Waals surface area contributed by atoms with E-state index in [2.05, 4.69) is 10.2 Å². The first-order valence-electron chi connectivity index (χ1n) is 6.79. The lowest BCUT2D eigenvalue weighted by Crippen LogP contribution is -2.19. The summed E-state index contributed by atoms with van der Waals surface area (Å²) in [5, 5.41) is 6.53. The molecule has 1 aliphatic heterocycles. The third-order valence-corrected chi connectivity index (χ3v) is 3.15. The van der Waals surface area contributed by atoms with Crippen LogP contribution >= 0.6 is 0 Å². The number of hydrogen-bond acceptors (Lipinski definition) is 5. The zero-order valence-electron chi connectivity index (χ0n) is 12.1. The summed E-state index contributed by atoms with van der Waals surface area (Å²) in [6, 6.07) is 5.32. The van der Waals surface area contributed by atoms with Crippen LogP contribution < -0.4 is 15.2 Å². The van der Waals surface area contributed by atoms with Crippen LogP contribution in [0.4, 0.5) is 0 Å². The first kappa shape index (κ1) is 13.7. The Labute approximate surface area is 121 Å². The zero-order valence-corrected chi connectivity index (χ0v) is 12.1.